The van der Waals surface area contributed by atoms with Gasteiger partial charge in [-0.25, -0.2) is 0 Å². The van der Waals surface area contributed by atoms with Crippen LogP contribution in [0.5, 0.6) is 0 Å². The van der Waals surface area contributed by atoms with E-state index < -0.39 is 11.8 Å². The number of likely N-dealkylation sites (N-methyl/N-ethyl adjacent to an activating group) is 1. The summed E-state index contributed by atoms with van der Waals surface area (Å²) in [6.07, 6.45) is 0. The summed E-state index contributed by atoms with van der Waals surface area (Å²) in [5, 5.41) is 7.67. The molecule has 1 aromatic heterocycles. The van der Waals surface area contributed by atoms with Gasteiger partial charge in [-0.1, -0.05) is 23.7 Å². The smallest absolute Gasteiger partial charge is 0.313 e. The van der Waals surface area contributed by atoms with E-state index in [4.69, 9.17) is 11.6 Å². The third-order valence-corrected chi connectivity index (χ3v) is 4.45. The SMILES string of the molecule is CN(C)C(CNC(=O)C(=O)Nc1cccc(Cl)c1)c1cccs1. The number of benzene rings is 1. The van der Waals surface area contributed by atoms with Gasteiger partial charge in [-0.05, 0) is 43.7 Å². The van der Waals surface area contributed by atoms with E-state index in [0.717, 1.165) is 4.88 Å². The Morgan fingerprint density at radius 1 is 1.22 bits per heavy atom. The molecule has 23 heavy (non-hydrogen) atoms. The van der Waals surface area contributed by atoms with Gasteiger partial charge in [-0.15, -0.1) is 11.3 Å². The molecule has 122 valence electrons. The third kappa shape index (κ3) is 5.06. The van der Waals surface area contributed by atoms with Crippen LogP contribution in [0.2, 0.25) is 5.02 Å². The first-order valence-electron chi connectivity index (χ1n) is 7.02. The summed E-state index contributed by atoms with van der Waals surface area (Å²) < 4.78 is 0. The van der Waals surface area contributed by atoms with Crippen molar-refractivity contribution in [1.82, 2.24) is 10.2 Å². The maximum absolute atomic E-state index is 12.0. The van der Waals surface area contributed by atoms with Crippen LogP contribution in [0.15, 0.2) is 41.8 Å². The lowest BCUT2D eigenvalue weighted by molar-refractivity contribution is -0.136. The van der Waals surface area contributed by atoms with Gasteiger partial charge in [0.05, 0.1) is 6.04 Å². The molecule has 2 aromatic rings. The number of carbonyl (C=O) groups excluding carboxylic acids is 2. The molecule has 0 aliphatic rings. The fourth-order valence-electron chi connectivity index (χ4n) is 2.04. The molecule has 2 rings (SSSR count). The molecular weight excluding hydrogens is 334 g/mol. The van der Waals surface area contributed by atoms with E-state index in [9.17, 15) is 9.59 Å². The van der Waals surface area contributed by atoms with Gasteiger partial charge >= 0.3 is 11.8 Å². The van der Waals surface area contributed by atoms with Gasteiger partial charge in [0, 0.05) is 22.1 Å². The van der Waals surface area contributed by atoms with Gasteiger partial charge in [-0.2, -0.15) is 0 Å². The van der Waals surface area contributed by atoms with Crippen LogP contribution in [-0.2, 0) is 9.59 Å². The van der Waals surface area contributed by atoms with E-state index in [2.05, 4.69) is 10.6 Å². The zero-order chi connectivity index (χ0) is 16.8. The van der Waals surface area contributed by atoms with E-state index in [1.54, 1.807) is 35.6 Å². The van der Waals surface area contributed by atoms with Crippen molar-refractivity contribution in [3.8, 4) is 0 Å². The van der Waals surface area contributed by atoms with Crippen molar-refractivity contribution in [1.29, 1.82) is 0 Å². The summed E-state index contributed by atoms with van der Waals surface area (Å²) in [5.74, 6) is -1.38. The van der Waals surface area contributed by atoms with Crippen LogP contribution in [0.3, 0.4) is 0 Å². The molecule has 2 amide bonds. The average molecular weight is 352 g/mol. The van der Waals surface area contributed by atoms with Crippen LogP contribution >= 0.6 is 22.9 Å². The Hall–Kier alpha value is -1.89. The number of hydrogen-bond acceptors (Lipinski definition) is 4. The van der Waals surface area contributed by atoms with Gasteiger partial charge in [0.15, 0.2) is 0 Å². The van der Waals surface area contributed by atoms with E-state index in [0.29, 0.717) is 17.3 Å². The lowest BCUT2D eigenvalue weighted by Crippen LogP contribution is -2.40. The van der Waals surface area contributed by atoms with Crippen molar-refractivity contribution >= 4 is 40.4 Å². The normalized spacial score (nSPS) is 12.0. The maximum atomic E-state index is 12.0. The van der Waals surface area contributed by atoms with Gasteiger partial charge in [0.25, 0.3) is 0 Å². The highest BCUT2D eigenvalue weighted by molar-refractivity contribution is 7.10. The first-order valence-corrected chi connectivity index (χ1v) is 8.27. The van der Waals surface area contributed by atoms with E-state index in [1.807, 2.05) is 36.5 Å². The van der Waals surface area contributed by atoms with Crippen LogP contribution in [0.1, 0.15) is 10.9 Å². The van der Waals surface area contributed by atoms with Crippen molar-refractivity contribution in [2.45, 2.75) is 6.04 Å². The molecule has 1 unspecified atom stereocenters. The van der Waals surface area contributed by atoms with Crippen molar-refractivity contribution in [2.24, 2.45) is 0 Å². The molecule has 0 saturated heterocycles. The van der Waals surface area contributed by atoms with Crippen LogP contribution in [0, 0.1) is 0 Å². The zero-order valence-corrected chi connectivity index (χ0v) is 14.4. The number of carbonyl (C=O) groups is 2. The molecule has 1 aromatic carbocycles. The lowest BCUT2D eigenvalue weighted by atomic mass is 10.2. The zero-order valence-electron chi connectivity index (χ0n) is 12.9. The molecular formula is C16H18ClN3O2S. The molecule has 0 aliphatic heterocycles. The van der Waals surface area contributed by atoms with E-state index >= 15 is 0 Å². The minimum absolute atomic E-state index is 0.0259. The summed E-state index contributed by atoms with van der Waals surface area (Å²) in [7, 11) is 3.87. The number of rotatable bonds is 5. The lowest BCUT2D eigenvalue weighted by Gasteiger charge is -2.23. The van der Waals surface area contributed by atoms with E-state index in [1.165, 1.54) is 0 Å². The number of anilines is 1. The monoisotopic (exact) mass is 351 g/mol. The molecule has 0 radical (unpaired) electrons. The van der Waals surface area contributed by atoms with Crippen molar-refractivity contribution in [3.05, 3.63) is 51.7 Å². The standard InChI is InChI=1S/C16H18ClN3O2S/c1-20(2)13(14-7-4-8-23-14)10-18-15(21)16(22)19-12-6-3-5-11(17)9-12/h3-9,13H,10H2,1-2H3,(H,18,21)(H,19,22). The first kappa shape index (κ1) is 17.5. The highest BCUT2D eigenvalue weighted by Crippen LogP contribution is 2.22. The number of nitrogens with zero attached hydrogens (tertiary/aromatic N) is 1. The molecule has 0 bridgehead atoms. The summed E-state index contributed by atoms with van der Waals surface area (Å²) in [6.45, 7) is 0.356. The molecule has 0 aliphatic carbocycles. The largest absolute Gasteiger partial charge is 0.346 e. The quantitative estimate of drug-likeness (QED) is 0.814. The van der Waals surface area contributed by atoms with Crippen LogP contribution in [0.25, 0.3) is 0 Å². The number of nitrogens with one attached hydrogen (secondary N) is 2. The second-order valence-electron chi connectivity index (χ2n) is 5.17. The molecule has 0 spiro atoms. The second-order valence-corrected chi connectivity index (χ2v) is 6.59. The second kappa shape index (κ2) is 8.10. The highest BCUT2D eigenvalue weighted by Gasteiger charge is 2.19. The minimum Gasteiger partial charge on any atom is -0.346 e. The van der Waals surface area contributed by atoms with Gasteiger partial charge < -0.3 is 15.5 Å². The Bertz CT molecular complexity index is 674. The summed E-state index contributed by atoms with van der Waals surface area (Å²) in [4.78, 5) is 27.0. The van der Waals surface area contributed by atoms with Gasteiger partial charge in [-0.3, -0.25) is 9.59 Å². The number of amides is 2. The van der Waals surface area contributed by atoms with Gasteiger partial charge in [0.2, 0.25) is 0 Å². The predicted octanol–water partition coefficient (Wildman–Crippen LogP) is 2.76. The minimum atomic E-state index is -0.712. The van der Waals surface area contributed by atoms with Gasteiger partial charge in [0.1, 0.15) is 0 Å². The van der Waals surface area contributed by atoms with Crippen molar-refractivity contribution in [2.75, 3.05) is 26.0 Å². The molecule has 7 heteroatoms. The van der Waals surface area contributed by atoms with Crippen LogP contribution in [-0.4, -0.2) is 37.4 Å². The Morgan fingerprint density at radius 2 is 2.00 bits per heavy atom. The molecule has 5 nitrogen and oxygen atoms in total. The third-order valence-electron chi connectivity index (χ3n) is 3.24. The van der Waals surface area contributed by atoms with Crippen molar-refractivity contribution < 1.29 is 9.59 Å². The van der Waals surface area contributed by atoms with Crippen LogP contribution < -0.4 is 10.6 Å². The Balaban J connectivity index is 1.91. The molecule has 0 fully saturated rings. The Morgan fingerprint density at radius 3 is 2.61 bits per heavy atom. The Kier molecular flexibility index (Phi) is 6.15. The highest BCUT2D eigenvalue weighted by atomic mass is 35.5. The summed E-state index contributed by atoms with van der Waals surface area (Å²) >= 11 is 7.46. The summed E-state index contributed by atoms with van der Waals surface area (Å²) in [5.41, 5.74) is 0.486. The first-order chi connectivity index (χ1) is 11.0. The number of thiophene rings is 1. The number of halogens is 1. The van der Waals surface area contributed by atoms with Crippen LogP contribution in [0.4, 0.5) is 5.69 Å². The molecule has 1 heterocycles. The molecule has 0 saturated carbocycles. The fourth-order valence-corrected chi connectivity index (χ4v) is 3.16. The molecule has 2 N–H and O–H groups in total. The number of hydrogen-bond donors (Lipinski definition) is 2. The maximum Gasteiger partial charge on any atom is 0.313 e. The molecule has 1 atom stereocenters. The Labute approximate surface area is 144 Å². The summed E-state index contributed by atoms with van der Waals surface area (Å²) in [6, 6.07) is 10.6. The van der Waals surface area contributed by atoms with E-state index in [-0.39, 0.29) is 6.04 Å². The fraction of sp³-hybridized carbons (Fsp3) is 0.250. The van der Waals surface area contributed by atoms with Crippen molar-refractivity contribution in [3.63, 3.8) is 0 Å². The average Bonchev–Trinajstić information content (AvgIpc) is 3.01. The topological polar surface area (TPSA) is 61.4 Å². The predicted molar refractivity (Wildman–Crippen MR) is 93.8 cm³/mol.